The van der Waals surface area contributed by atoms with Gasteiger partial charge in [0.25, 0.3) is 0 Å². The summed E-state index contributed by atoms with van der Waals surface area (Å²) in [5.41, 5.74) is 11.7. The lowest BCUT2D eigenvalue weighted by Crippen LogP contribution is -1.97. The Labute approximate surface area is 272 Å². The molecule has 2 atom stereocenters. The predicted molar refractivity (Wildman–Crippen MR) is 181 cm³/mol. The molecule has 0 fully saturated rings. The largest absolute Gasteiger partial charge is 0.481 e. The lowest BCUT2D eigenvalue weighted by Gasteiger charge is -2.05. The molecular weight excluding hydrogens is 612 g/mol. The Morgan fingerprint density at radius 1 is 0.652 bits per heavy atom. The Balaban J connectivity index is 0.00000288. The lowest BCUT2D eigenvalue weighted by atomic mass is 9.98. The van der Waals surface area contributed by atoms with E-state index in [9.17, 15) is 30.0 Å². The molecule has 0 aromatic carbocycles. The molecule has 2 aliphatic heterocycles. The van der Waals surface area contributed by atoms with Crippen LogP contribution in [0.25, 0.3) is 44.4 Å². The van der Waals surface area contributed by atoms with Crippen molar-refractivity contribution in [3.63, 3.8) is 0 Å². The Bertz CT molecular complexity index is 1930. The van der Waals surface area contributed by atoms with Gasteiger partial charge in [0.15, 0.2) is 0 Å². The van der Waals surface area contributed by atoms with Crippen LogP contribution in [0.3, 0.4) is 0 Å². The number of fused-ring (bicyclic) bond motifs is 8. The molecule has 0 aliphatic carbocycles. The number of rotatable bonds is 8. The van der Waals surface area contributed by atoms with E-state index in [0.29, 0.717) is 39.4 Å². The van der Waals surface area contributed by atoms with E-state index in [-0.39, 0.29) is 43.6 Å². The van der Waals surface area contributed by atoms with Crippen molar-refractivity contribution in [1.29, 1.82) is 0 Å². The summed E-state index contributed by atoms with van der Waals surface area (Å²) >= 11 is 0. The number of carboxylic acid groups (broad SMARTS) is 2. The number of allylic oxidation sites excluding steroid dienone is 4. The summed E-state index contributed by atoms with van der Waals surface area (Å²) < 4.78 is 0. The van der Waals surface area contributed by atoms with Gasteiger partial charge in [0, 0.05) is 46.0 Å². The quantitative estimate of drug-likeness (QED) is 0.164. The van der Waals surface area contributed by atoms with Gasteiger partial charge in [-0.05, 0) is 112 Å². The minimum Gasteiger partial charge on any atom is -0.481 e. The summed E-state index contributed by atoms with van der Waals surface area (Å²) in [7, 11) is 0. The summed E-state index contributed by atoms with van der Waals surface area (Å²) in [4.78, 5) is 39.8. The van der Waals surface area contributed by atoms with Gasteiger partial charge in [0.1, 0.15) is 0 Å². The first-order valence-corrected chi connectivity index (χ1v) is 14.7. The zero-order chi connectivity index (χ0) is 32.0. The van der Waals surface area contributed by atoms with Crippen molar-refractivity contribution in [2.75, 3.05) is 0 Å². The summed E-state index contributed by atoms with van der Waals surface area (Å²) in [5, 5.41) is 40.5. The van der Waals surface area contributed by atoms with E-state index in [1.807, 2.05) is 52.0 Å². The average Bonchev–Trinajstić information content (AvgIpc) is 3.59. The van der Waals surface area contributed by atoms with E-state index in [2.05, 4.69) is 9.97 Å². The van der Waals surface area contributed by atoms with Gasteiger partial charge in [-0.2, -0.15) is 0 Å². The normalized spacial score (nSPS) is 14.1. The number of aromatic nitrogens is 4. The van der Waals surface area contributed by atoms with E-state index in [1.54, 1.807) is 13.8 Å². The number of H-pyrrole nitrogens is 2. The second-order valence-corrected chi connectivity index (χ2v) is 11.7. The van der Waals surface area contributed by atoms with Crippen LogP contribution in [0.2, 0.25) is 0 Å². The molecule has 2 aliphatic rings. The van der Waals surface area contributed by atoms with Crippen molar-refractivity contribution in [1.82, 2.24) is 19.9 Å². The monoisotopic (exact) mass is 652 g/mol. The number of carbonyl (C=O) groups is 2. The molecule has 5 heterocycles. The second-order valence-electron chi connectivity index (χ2n) is 11.7. The summed E-state index contributed by atoms with van der Waals surface area (Å²) in [6, 6.07) is 7.51. The standard InChI is InChI=1S/C34H38N4O6.ClH.H2O/c1-15-21(7-9-31(41)42)27-14-28-22(8-10-32(43)44)16(2)24(36-28)12-29-34(20(6)40)18(4)26(38-29)13-30-33(19(5)39)17(3)25(37-30)11-23(15)35-27;;/h11-14,19-20,37-40H,7-10H2,1-6H3,(H,41,42)(H,43,44);1H;1H2. The van der Waals surface area contributed by atoms with Gasteiger partial charge in [-0.3, -0.25) is 9.59 Å². The number of nitrogens with one attached hydrogen (secondary N) is 2. The molecule has 8 N–H and O–H groups in total. The number of aliphatic carboxylic acids is 2. The van der Waals surface area contributed by atoms with Crippen molar-refractivity contribution in [3.05, 3.63) is 69.3 Å². The van der Waals surface area contributed by atoms with Crippen molar-refractivity contribution in [2.24, 2.45) is 0 Å². The Kier molecular flexibility index (Phi) is 11.0. The van der Waals surface area contributed by atoms with Gasteiger partial charge in [0.05, 0.1) is 35.0 Å². The van der Waals surface area contributed by atoms with Gasteiger partial charge >= 0.3 is 11.9 Å². The third-order valence-corrected chi connectivity index (χ3v) is 8.65. The van der Waals surface area contributed by atoms with Crippen LogP contribution < -0.4 is 0 Å². The smallest absolute Gasteiger partial charge is 0.303 e. The van der Waals surface area contributed by atoms with E-state index in [1.165, 1.54) is 0 Å². The highest BCUT2D eigenvalue weighted by molar-refractivity contribution is 5.96. The van der Waals surface area contributed by atoms with Crippen LogP contribution in [-0.4, -0.2) is 57.8 Å². The summed E-state index contributed by atoms with van der Waals surface area (Å²) in [6.45, 7) is 11.1. The molecule has 11 nitrogen and oxygen atoms in total. The number of nitrogens with zero attached hydrogens (tertiary/aromatic N) is 2. The Morgan fingerprint density at radius 2 is 1.02 bits per heavy atom. The maximum absolute atomic E-state index is 11.6. The molecule has 12 heteroatoms. The molecule has 5 rings (SSSR count). The minimum atomic E-state index is -0.921. The fourth-order valence-corrected chi connectivity index (χ4v) is 6.32. The van der Waals surface area contributed by atoms with Crippen molar-refractivity contribution >= 4 is 68.7 Å². The minimum absolute atomic E-state index is 0. The molecule has 0 spiro atoms. The third kappa shape index (κ3) is 6.78. The number of halogens is 1. The Hall–Kier alpha value is -4.29. The predicted octanol–water partition coefficient (Wildman–Crippen LogP) is 6.23. The summed E-state index contributed by atoms with van der Waals surface area (Å²) in [6.07, 6.45) is -1.18. The first-order valence-electron chi connectivity index (χ1n) is 14.7. The average molecular weight is 653 g/mol. The van der Waals surface area contributed by atoms with Gasteiger partial charge in [-0.1, -0.05) is 0 Å². The maximum atomic E-state index is 11.6. The molecule has 246 valence electrons. The molecule has 0 radical (unpaired) electrons. The molecule has 0 amide bonds. The number of aliphatic hydroxyl groups is 2. The van der Waals surface area contributed by atoms with Crippen molar-refractivity contribution < 1.29 is 35.5 Å². The topological polar surface area (TPSA) is 204 Å². The van der Waals surface area contributed by atoms with E-state index in [0.717, 1.165) is 50.0 Å². The first-order chi connectivity index (χ1) is 20.8. The van der Waals surface area contributed by atoms with Crippen LogP contribution in [0.4, 0.5) is 0 Å². The number of aryl methyl sites for hydroxylation is 2. The number of aliphatic hydroxyl groups excluding tert-OH is 2. The highest BCUT2D eigenvalue weighted by Crippen LogP contribution is 2.38. The first kappa shape index (κ1) is 36.2. The zero-order valence-electron chi connectivity index (χ0n) is 26.7. The van der Waals surface area contributed by atoms with E-state index in [4.69, 9.17) is 9.97 Å². The Morgan fingerprint density at radius 3 is 1.41 bits per heavy atom. The van der Waals surface area contributed by atoms with Crippen molar-refractivity contribution in [3.8, 4) is 0 Å². The highest BCUT2D eigenvalue weighted by atomic mass is 35.5. The SMILES string of the molecule is CC1=C(CCC(=O)O)c2cc3nc(cc4[nH]c(cc5[nH]c(cc1n2)c(C)c5C(C)O)c(C)c4C(C)O)C(C)=C3CCC(=O)O.Cl.O. The number of hydrogen-bond acceptors (Lipinski definition) is 6. The second kappa shape index (κ2) is 14.0. The van der Waals surface area contributed by atoms with Crippen LogP contribution >= 0.6 is 12.4 Å². The van der Waals surface area contributed by atoms with Crippen LogP contribution in [0.5, 0.6) is 0 Å². The van der Waals surface area contributed by atoms with Crippen LogP contribution in [0.15, 0.2) is 24.3 Å². The third-order valence-electron chi connectivity index (χ3n) is 8.65. The molecule has 3 aromatic rings. The molecule has 0 saturated heterocycles. The molecule has 0 saturated carbocycles. The van der Waals surface area contributed by atoms with E-state index < -0.39 is 24.1 Å². The van der Waals surface area contributed by atoms with Crippen LogP contribution in [0.1, 0.15) is 111 Å². The maximum Gasteiger partial charge on any atom is 0.303 e. The van der Waals surface area contributed by atoms with Gasteiger partial charge in [-0.25, -0.2) is 9.97 Å². The molecule has 2 unspecified atom stereocenters. The fourth-order valence-electron chi connectivity index (χ4n) is 6.32. The summed E-state index contributed by atoms with van der Waals surface area (Å²) in [5.74, 6) is -1.84. The molecular formula is C34H41ClN4O7. The number of hydrogen-bond donors (Lipinski definition) is 6. The van der Waals surface area contributed by atoms with Crippen molar-refractivity contribution in [2.45, 2.75) is 79.4 Å². The van der Waals surface area contributed by atoms with Gasteiger partial charge < -0.3 is 35.9 Å². The van der Waals surface area contributed by atoms with Gasteiger partial charge in [-0.15, -0.1) is 12.4 Å². The molecule has 3 aromatic heterocycles. The molecule has 8 bridgehead atoms. The number of aromatic amines is 2. The number of carboxylic acids is 2. The fraction of sp³-hybridized carbons (Fsp3) is 0.353. The van der Waals surface area contributed by atoms with Crippen LogP contribution in [0, 0.1) is 13.8 Å². The van der Waals surface area contributed by atoms with Gasteiger partial charge in [0.2, 0.25) is 0 Å². The lowest BCUT2D eigenvalue weighted by molar-refractivity contribution is -0.137. The van der Waals surface area contributed by atoms with Crippen LogP contribution in [-0.2, 0) is 9.59 Å². The zero-order valence-corrected chi connectivity index (χ0v) is 27.5. The van der Waals surface area contributed by atoms with E-state index >= 15 is 0 Å². The molecule has 46 heavy (non-hydrogen) atoms. The highest BCUT2D eigenvalue weighted by Gasteiger charge is 2.23.